The second kappa shape index (κ2) is 16.7. The quantitative estimate of drug-likeness (QED) is 0.143. The highest BCUT2D eigenvalue weighted by molar-refractivity contribution is 8.06. The molecule has 7 rings (SSSR count). The van der Waals surface area contributed by atoms with Gasteiger partial charge in [-0.25, -0.2) is 9.20 Å². The van der Waals surface area contributed by atoms with Crippen LogP contribution in [0, 0.1) is 17.8 Å². The Balaban J connectivity index is 1.33. The van der Waals surface area contributed by atoms with E-state index in [-0.39, 0.29) is 46.8 Å². The van der Waals surface area contributed by atoms with E-state index in [0.29, 0.717) is 24.8 Å². The molecule has 1 saturated carbocycles. The molecule has 3 aromatic rings. The Morgan fingerprint density at radius 2 is 2.00 bits per heavy atom. The molecule has 1 fully saturated rings. The minimum atomic E-state index is -3.60. The van der Waals surface area contributed by atoms with E-state index in [1.807, 2.05) is 31.2 Å². The number of rotatable bonds is 7. The highest BCUT2D eigenvalue weighted by Crippen LogP contribution is 2.47. The lowest BCUT2D eigenvalue weighted by Crippen LogP contribution is -2.49. The number of methoxy groups -OCH3 is 2. The van der Waals surface area contributed by atoms with E-state index in [1.54, 1.807) is 32.4 Å². The van der Waals surface area contributed by atoms with Crippen molar-refractivity contribution in [2.75, 3.05) is 51.2 Å². The number of nitrogens with zero attached hydrogens (tertiary/aromatic N) is 5. The highest BCUT2D eigenvalue weighted by Gasteiger charge is 2.44. The second-order valence-electron chi connectivity index (χ2n) is 15.5. The van der Waals surface area contributed by atoms with Crippen LogP contribution in [0.3, 0.4) is 0 Å². The minimum absolute atomic E-state index is 0.0763. The fourth-order valence-corrected chi connectivity index (χ4v) is 10.7. The van der Waals surface area contributed by atoms with Crippen LogP contribution in [-0.2, 0) is 38.1 Å². The van der Waals surface area contributed by atoms with Gasteiger partial charge in [-0.2, -0.15) is 4.36 Å². The summed E-state index contributed by atoms with van der Waals surface area (Å²) in [6.07, 6.45) is 11.3. The molecule has 12 nitrogen and oxygen atoms in total. The van der Waals surface area contributed by atoms with E-state index in [4.69, 9.17) is 30.5 Å². The molecule has 2 amide bonds. The van der Waals surface area contributed by atoms with Gasteiger partial charge in [0.25, 0.3) is 11.8 Å². The number of halogens is 1. The van der Waals surface area contributed by atoms with E-state index in [1.165, 1.54) is 29.1 Å². The number of fused-ring (bicyclic) bond motifs is 4. The van der Waals surface area contributed by atoms with E-state index in [0.717, 1.165) is 54.9 Å². The van der Waals surface area contributed by atoms with Crippen molar-refractivity contribution in [3.63, 3.8) is 0 Å². The Kier molecular flexibility index (Phi) is 11.9. The van der Waals surface area contributed by atoms with Crippen LogP contribution in [0.5, 0.6) is 11.6 Å². The number of aryl methyl sites for hydroxylation is 2. The number of hydrogen-bond donors (Lipinski definition) is 0. The van der Waals surface area contributed by atoms with Crippen LogP contribution in [0.1, 0.15) is 64.4 Å². The van der Waals surface area contributed by atoms with Crippen LogP contribution in [0.4, 0.5) is 5.69 Å². The van der Waals surface area contributed by atoms with Gasteiger partial charge in [-0.1, -0.05) is 42.8 Å². The van der Waals surface area contributed by atoms with Gasteiger partial charge < -0.3 is 23.8 Å². The molecule has 2 aromatic carbocycles. The number of anilines is 1. The van der Waals surface area contributed by atoms with Gasteiger partial charge in [0.2, 0.25) is 5.88 Å². The Morgan fingerprint density at radius 1 is 1.18 bits per heavy atom. The normalized spacial score (nSPS) is 29.6. The fraction of sp³-hybridized carbons (Fsp3) is 0.476. The van der Waals surface area contributed by atoms with Crippen molar-refractivity contribution >= 4 is 44.4 Å². The predicted octanol–water partition coefficient (Wildman–Crippen LogP) is 6.85. The monoisotopic (exact) mass is 803 g/mol. The topological polar surface area (TPSA) is 134 Å². The molecule has 1 spiro atoms. The van der Waals surface area contributed by atoms with Gasteiger partial charge in [-0.15, -0.1) is 11.7 Å². The molecule has 56 heavy (non-hydrogen) atoms. The Morgan fingerprint density at radius 3 is 2.75 bits per heavy atom. The van der Waals surface area contributed by atoms with Gasteiger partial charge in [0.05, 0.1) is 47.9 Å². The number of carbonyl (C=O) groups excluding carboxylic acids is 2. The maximum atomic E-state index is 14.9. The van der Waals surface area contributed by atoms with E-state index in [9.17, 15) is 13.8 Å². The molecular formula is C42H50ClN5O7S. The van der Waals surface area contributed by atoms with Crippen molar-refractivity contribution in [1.82, 2.24) is 9.78 Å². The summed E-state index contributed by atoms with van der Waals surface area (Å²) in [6, 6.07) is 11.5. The molecule has 4 aliphatic rings. The number of amides is 2. The SMILES string of the molecule is C=CCO[C@H]1/C=C/[C@H](OC)[C@@H]2CC[C@H]2CN2C[C@@]3(CCCc4cc(Cl)ccc43)COc3ccc(cc32)C(=O)N=S(=O)(C=NC(=O)c2cn(C)nc2OC)C[C@H]1C. The van der Waals surface area contributed by atoms with E-state index < -0.39 is 33.6 Å². The van der Waals surface area contributed by atoms with Crippen molar-refractivity contribution in [2.24, 2.45) is 34.2 Å². The van der Waals surface area contributed by atoms with Crippen LogP contribution in [0.25, 0.3) is 0 Å². The largest absolute Gasteiger partial charge is 0.490 e. The Hall–Kier alpha value is -4.30. The molecule has 3 heterocycles. The third kappa shape index (κ3) is 8.23. The first-order valence-electron chi connectivity index (χ1n) is 19.1. The summed E-state index contributed by atoms with van der Waals surface area (Å²) < 4.78 is 44.9. The number of ether oxygens (including phenoxy) is 4. The highest BCUT2D eigenvalue weighted by atomic mass is 35.5. The smallest absolute Gasteiger partial charge is 0.285 e. The molecule has 0 N–H and O–H groups in total. The summed E-state index contributed by atoms with van der Waals surface area (Å²) >= 11 is 6.48. The van der Waals surface area contributed by atoms with E-state index in [2.05, 4.69) is 38.1 Å². The number of benzene rings is 2. The number of aromatic nitrogens is 2. The predicted molar refractivity (Wildman–Crippen MR) is 218 cm³/mol. The van der Waals surface area contributed by atoms with E-state index >= 15 is 0 Å². The van der Waals surface area contributed by atoms with Gasteiger partial charge in [0.1, 0.15) is 16.9 Å². The van der Waals surface area contributed by atoms with Crippen molar-refractivity contribution in [2.45, 2.75) is 56.7 Å². The standard InChI is InChI=1S/C42H50ClN5O7S/c1-6-18-54-36-15-16-37(52-4)32-12-9-30(32)21-48-24-42(17-7-8-28-19-31(43)11-13-34(28)42)25-55-38-14-10-29(20-35(38)48)39(49)46-56(51,23-27(36)2)26-44-40(50)33-22-47(3)45-41(33)53-5/h6,10-11,13-16,19-20,22,26-27,30,32,36-37H,1,7-9,12,17-18,21,23-25H2,2-5H3/b16-15+,44-26?/t27-,30+,32-,36+,37+,42+,56?/m1/s1. The summed E-state index contributed by atoms with van der Waals surface area (Å²) in [4.78, 5) is 33.9. The molecule has 1 aromatic heterocycles. The minimum Gasteiger partial charge on any atom is -0.490 e. The van der Waals surface area contributed by atoms with Crippen molar-refractivity contribution < 1.29 is 32.7 Å². The van der Waals surface area contributed by atoms with Gasteiger partial charge in [-0.05, 0) is 91.3 Å². The molecule has 14 heteroatoms. The first-order valence-corrected chi connectivity index (χ1v) is 21.3. The summed E-state index contributed by atoms with van der Waals surface area (Å²) in [6.45, 7) is 7.82. The van der Waals surface area contributed by atoms with Gasteiger partial charge >= 0.3 is 0 Å². The third-order valence-electron chi connectivity index (χ3n) is 11.7. The first kappa shape index (κ1) is 39.9. The molecular weight excluding hydrogens is 754 g/mol. The molecule has 2 aliphatic carbocycles. The molecule has 0 radical (unpaired) electrons. The van der Waals surface area contributed by atoms with Crippen LogP contribution < -0.4 is 14.4 Å². The Bertz CT molecular complexity index is 2180. The lowest BCUT2D eigenvalue weighted by Gasteiger charge is -2.46. The van der Waals surface area contributed by atoms with Gasteiger partial charge in [-0.3, -0.25) is 14.3 Å². The van der Waals surface area contributed by atoms with Crippen molar-refractivity contribution in [3.05, 3.63) is 94.7 Å². The van der Waals surface area contributed by atoms with Gasteiger partial charge in [0.15, 0.2) is 0 Å². The van der Waals surface area contributed by atoms with Crippen molar-refractivity contribution in [1.29, 1.82) is 0 Å². The van der Waals surface area contributed by atoms with Crippen molar-refractivity contribution in [3.8, 4) is 11.6 Å². The Labute approximate surface area is 334 Å². The number of hydrogen-bond acceptors (Lipinski definition) is 9. The summed E-state index contributed by atoms with van der Waals surface area (Å²) in [5, 5.41) is 4.85. The second-order valence-corrected chi connectivity index (χ2v) is 18.0. The zero-order valence-corrected chi connectivity index (χ0v) is 34.0. The van der Waals surface area contributed by atoms with Crippen LogP contribution in [-0.4, -0.2) is 89.8 Å². The zero-order valence-electron chi connectivity index (χ0n) is 32.4. The van der Waals surface area contributed by atoms with Gasteiger partial charge in [0, 0.05) is 55.2 Å². The first-order chi connectivity index (χ1) is 26.9. The number of carbonyl (C=O) groups is 2. The molecule has 298 valence electrons. The fourth-order valence-electron chi connectivity index (χ4n) is 8.72. The lowest BCUT2D eigenvalue weighted by atomic mass is 9.68. The van der Waals surface area contributed by atoms with Crippen LogP contribution in [0.2, 0.25) is 5.02 Å². The molecule has 0 saturated heterocycles. The average molecular weight is 804 g/mol. The average Bonchev–Trinajstić information content (AvgIpc) is 3.49. The molecule has 1 unspecified atom stereocenters. The number of aliphatic imine (C=N–C) groups is 1. The summed E-state index contributed by atoms with van der Waals surface area (Å²) in [5.74, 6) is -0.654. The third-order valence-corrected chi connectivity index (χ3v) is 13.8. The molecule has 2 bridgehead atoms. The lowest BCUT2D eigenvalue weighted by molar-refractivity contribution is 0.0115. The molecule has 7 atom stereocenters. The zero-order chi connectivity index (χ0) is 39.6. The molecule has 2 aliphatic heterocycles. The van der Waals surface area contributed by atoms with Crippen LogP contribution in [0.15, 0.2) is 76.8 Å². The van der Waals surface area contributed by atoms with Crippen LogP contribution >= 0.6 is 11.6 Å². The maximum absolute atomic E-state index is 14.9. The summed E-state index contributed by atoms with van der Waals surface area (Å²) in [7, 11) is 1.17. The summed E-state index contributed by atoms with van der Waals surface area (Å²) in [5.41, 5.74) is 4.32. The maximum Gasteiger partial charge on any atom is 0.285 e.